The highest BCUT2D eigenvalue weighted by atomic mass is 79.9. The predicted molar refractivity (Wildman–Crippen MR) is 97.8 cm³/mol. The molecule has 122 valence electrons. The van der Waals surface area contributed by atoms with Crippen LogP contribution in [0, 0.1) is 0 Å². The molecule has 2 aromatic carbocycles. The molecule has 2 N–H and O–H groups in total. The Balaban J connectivity index is 1.65. The van der Waals surface area contributed by atoms with E-state index in [-0.39, 0.29) is 11.9 Å². The number of para-hydroxylation sites is 1. The second kappa shape index (κ2) is 6.15. The third-order valence-corrected chi connectivity index (χ3v) is 5.07. The maximum absolute atomic E-state index is 12.7. The van der Waals surface area contributed by atoms with Crippen molar-refractivity contribution < 1.29 is 9.53 Å². The lowest BCUT2D eigenvalue weighted by Gasteiger charge is -2.26. The Kier molecular flexibility index (Phi) is 3.98. The van der Waals surface area contributed by atoms with Gasteiger partial charge in [-0.1, -0.05) is 45.7 Å². The zero-order chi connectivity index (χ0) is 16.7. The van der Waals surface area contributed by atoms with Crippen LogP contribution >= 0.6 is 27.5 Å². The molecule has 0 aliphatic carbocycles. The van der Waals surface area contributed by atoms with Gasteiger partial charge in [0.1, 0.15) is 11.4 Å². The molecule has 1 aliphatic heterocycles. The van der Waals surface area contributed by atoms with E-state index in [1.807, 2.05) is 42.5 Å². The first-order chi connectivity index (χ1) is 11.6. The molecule has 0 saturated carbocycles. The summed E-state index contributed by atoms with van der Waals surface area (Å²) in [5.74, 6) is 0.589. The quantitative estimate of drug-likeness (QED) is 0.641. The van der Waals surface area contributed by atoms with E-state index in [1.165, 1.54) is 0 Å². The number of hydrogen-bond acceptors (Lipinski definition) is 2. The van der Waals surface area contributed by atoms with Crippen LogP contribution in [0.5, 0.6) is 5.75 Å². The average Bonchev–Trinajstić information content (AvgIpc) is 2.93. The van der Waals surface area contributed by atoms with Gasteiger partial charge in [-0.3, -0.25) is 4.79 Å². The minimum Gasteiger partial charge on any atom is -0.493 e. The molecule has 1 aromatic heterocycles. The zero-order valence-electron chi connectivity index (χ0n) is 12.6. The largest absolute Gasteiger partial charge is 0.493 e. The highest BCUT2D eigenvalue weighted by molar-refractivity contribution is 9.10. The topological polar surface area (TPSA) is 54.1 Å². The molecule has 6 heteroatoms. The number of hydrogen-bond donors (Lipinski definition) is 2. The fourth-order valence-corrected chi connectivity index (χ4v) is 3.69. The first kappa shape index (κ1) is 15.5. The van der Waals surface area contributed by atoms with Crippen molar-refractivity contribution in [1.82, 2.24) is 10.3 Å². The van der Waals surface area contributed by atoms with Gasteiger partial charge in [-0.05, 0) is 24.3 Å². The Labute approximate surface area is 152 Å². The number of carbonyl (C=O) groups excluding carboxylic acids is 1. The molecule has 0 spiro atoms. The summed E-state index contributed by atoms with van der Waals surface area (Å²) in [6.45, 7) is 0.569. The van der Waals surface area contributed by atoms with Crippen molar-refractivity contribution >= 4 is 44.3 Å². The number of halogens is 2. The number of nitrogens with one attached hydrogen (secondary N) is 2. The summed E-state index contributed by atoms with van der Waals surface area (Å²) in [6, 6.07) is 13.3. The lowest BCUT2D eigenvalue weighted by Crippen LogP contribution is -2.32. The summed E-state index contributed by atoms with van der Waals surface area (Å²) in [7, 11) is 0. The Morgan fingerprint density at radius 1 is 1.29 bits per heavy atom. The van der Waals surface area contributed by atoms with Gasteiger partial charge in [0.25, 0.3) is 5.91 Å². The summed E-state index contributed by atoms with van der Waals surface area (Å²) in [5, 5.41) is 4.36. The fourth-order valence-electron chi connectivity index (χ4n) is 3.01. The van der Waals surface area contributed by atoms with Crippen molar-refractivity contribution in [2.75, 3.05) is 6.61 Å². The molecule has 4 nitrogen and oxygen atoms in total. The standard InChI is InChI=1S/C18H14BrClN2O2/c19-10-5-6-15-12(9-10)14(7-8-24-15)22-18(23)17-16(20)11-3-1-2-4-13(11)21-17/h1-6,9,14,21H,7-8H2,(H,22,23). The van der Waals surface area contributed by atoms with Gasteiger partial charge in [0.15, 0.2) is 0 Å². The fraction of sp³-hybridized carbons (Fsp3) is 0.167. The van der Waals surface area contributed by atoms with E-state index in [1.54, 1.807) is 0 Å². The first-order valence-electron chi connectivity index (χ1n) is 7.63. The summed E-state index contributed by atoms with van der Waals surface area (Å²) < 4.78 is 6.62. The molecule has 0 saturated heterocycles. The number of benzene rings is 2. The third-order valence-electron chi connectivity index (χ3n) is 4.19. The van der Waals surface area contributed by atoms with Crippen molar-refractivity contribution in [3.63, 3.8) is 0 Å². The van der Waals surface area contributed by atoms with Gasteiger partial charge in [0.2, 0.25) is 0 Å². The second-order valence-electron chi connectivity index (χ2n) is 5.70. The smallest absolute Gasteiger partial charge is 0.269 e. The molecule has 1 amide bonds. The molecule has 1 unspecified atom stereocenters. The van der Waals surface area contributed by atoms with Crippen LogP contribution in [-0.2, 0) is 0 Å². The molecule has 4 rings (SSSR count). The molecular weight excluding hydrogens is 392 g/mol. The normalized spacial score (nSPS) is 16.5. The third kappa shape index (κ3) is 2.68. The minimum absolute atomic E-state index is 0.110. The van der Waals surface area contributed by atoms with Crippen LogP contribution in [0.1, 0.15) is 28.5 Å². The number of carbonyl (C=O) groups is 1. The van der Waals surface area contributed by atoms with E-state index in [0.29, 0.717) is 23.7 Å². The summed E-state index contributed by atoms with van der Waals surface area (Å²) in [6.07, 6.45) is 0.715. The predicted octanol–water partition coefficient (Wildman–Crippen LogP) is 4.84. The molecule has 24 heavy (non-hydrogen) atoms. The number of aromatic amines is 1. The van der Waals surface area contributed by atoms with Gasteiger partial charge >= 0.3 is 0 Å². The Morgan fingerprint density at radius 3 is 2.96 bits per heavy atom. The van der Waals surface area contributed by atoms with Crippen molar-refractivity contribution in [1.29, 1.82) is 0 Å². The lowest BCUT2D eigenvalue weighted by atomic mass is 10.0. The molecule has 1 atom stereocenters. The van der Waals surface area contributed by atoms with Gasteiger partial charge in [0.05, 0.1) is 17.7 Å². The van der Waals surface area contributed by atoms with Gasteiger partial charge in [-0.25, -0.2) is 0 Å². The molecular formula is C18H14BrClN2O2. The highest BCUT2D eigenvalue weighted by Crippen LogP contribution is 2.35. The van der Waals surface area contributed by atoms with Crippen LogP contribution in [0.25, 0.3) is 10.9 Å². The van der Waals surface area contributed by atoms with E-state index in [9.17, 15) is 4.79 Å². The van der Waals surface area contributed by atoms with E-state index in [0.717, 1.165) is 26.7 Å². The number of aromatic nitrogens is 1. The van der Waals surface area contributed by atoms with Crippen LogP contribution in [0.2, 0.25) is 5.02 Å². The van der Waals surface area contributed by atoms with Gasteiger partial charge < -0.3 is 15.0 Å². The molecule has 0 fully saturated rings. The average molecular weight is 406 g/mol. The number of fused-ring (bicyclic) bond motifs is 2. The zero-order valence-corrected chi connectivity index (χ0v) is 14.9. The minimum atomic E-state index is -0.214. The van der Waals surface area contributed by atoms with Gasteiger partial charge in [-0.2, -0.15) is 0 Å². The van der Waals surface area contributed by atoms with Gasteiger partial charge in [-0.15, -0.1) is 0 Å². The van der Waals surface area contributed by atoms with Crippen LogP contribution < -0.4 is 10.1 Å². The lowest BCUT2D eigenvalue weighted by molar-refractivity contribution is 0.0920. The van der Waals surface area contributed by atoms with Crippen molar-refractivity contribution in [2.45, 2.75) is 12.5 Å². The van der Waals surface area contributed by atoms with Crippen LogP contribution in [0.3, 0.4) is 0 Å². The van der Waals surface area contributed by atoms with E-state index < -0.39 is 0 Å². The van der Waals surface area contributed by atoms with Crippen LogP contribution in [-0.4, -0.2) is 17.5 Å². The van der Waals surface area contributed by atoms with E-state index in [2.05, 4.69) is 26.2 Å². The first-order valence-corrected chi connectivity index (χ1v) is 8.80. The van der Waals surface area contributed by atoms with Crippen molar-refractivity contribution in [3.05, 3.63) is 63.2 Å². The monoisotopic (exact) mass is 404 g/mol. The number of amides is 1. The second-order valence-corrected chi connectivity index (χ2v) is 7.00. The maximum Gasteiger partial charge on any atom is 0.269 e. The Morgan fingerprint density at radius 2 is 2.12 bits per heavy atom. The highest BCUT2D eigenvalue weighted by Gasteiger charge is 2.25. The summed E-state index contributed by atoms with van der Waals surface area (Å²) in [4.78, 5) is 15.8. The van der Waals surface area contributed by atoms with Crippen LogP contribution in [0.4, 0.5) is 0 Å². The van der Waals surface area contributed by atoms with E-state index >= 15 is 0 Å². The van der Waals surface area contributed by atoms with E-state index in [4.69, 9.17) is 16.3 Å². The summed E-state index contributed by atoms with van der Waals surface area (Å²) in [5.41, 5.74) is 2.21. The van der Waals surface area contributed by atoms with Crippen molar-refractivity contribution in [3.8, 4) is 5.75 Å². The molecule has 0 radical (unpaired) electrons. The Hall–Kier alpha value is -1.98. The maximum atomic E-state index is 12.7. The van der Waals surface area contributed by atoms with Crippen molar-refractivity contribution in [2.24, 2.45) is 0 Å². The number of H-pyrrole nitrogens is 1. The number of rotatable bonds is 2. The molecule has 3 aromatic rings. The van der Waals surface area contributed by atoms with Gasteiger partial charge in [0, 0.05) is 27.4 Å². The summed E-state index contributed by atoms with van der Waals surface area (Å²) >= 11 is 9.84. The molecule has 1 aliphatic rings. The SMILES string of the molecule is O=C(NC1CCOc2ccc(Br)cc21)c1[nH]c2ccccc2c1Cl. The van der Waals surface area contributed by atoms with Crippen LogP contribution in [0.15, 0.2) is 46.9 Å². The molecule has 2 heterocycles. The Bertz CT molecular complexity index is 938. The molecule has 0 bridgehead atoms. The number of ether oxygens (including phenoxy) is 1.